The van der Waals surface area contributed by atoms with Crippen LogP contribution in [0.15, 0.2) is 11.6 Å². The molecule has 0 aromatic heterocycles. The highest BCUT2D eigenvalue weighted by Gasteiger charge is 2.59. The van der Waals surface area contributed by atoms with Gasteiger partial charge in [0.15, 0.2) is 0 Å². The smallest absolute Gasteiger partial charge is 0.375 e. The molecule has 3 saturated carbocycles. The standard InChI is InChI=1S/C34H62NO5P/c1-25(2)10-9-11-26(3)30-14-15-31-29-13-12-27-24-28(16-18-33(27,4)32(29)17-19-34(30,31)5)38-22-23-40-41(36,37)39-21-20-35(6,7)8/h12,25-26,28-32H,9-11,13-24H2,1-8H3/p+1/t26-,28+,29+,30-,31+,32+,33+,34-/m1/s1. The van der Waals surface area contributed by atoms with Gasteiger partial charge in [-0.25, -0.2) is 4.57 Å². The number of rotatable bonds is 14. The molecular weight excluding hydrogens is 533 g/mol. The number of likely N-dealkylation sites (N-methyl/N-ethyl adjacent to an activating group) is 1. The number of fused-ring (bicyclic) bond motifs is 5. The molecule has 0 aromatic carbocycles. The zero-order valence-electron chi connectivity index (χ0n) is 27.7. The van der Waals surface area contributed by atoms with Crippen LogP contribution in [0.5, 0.6) is 0 Å². The first-order valence-corrected chi connectivity index (χ1v) is 18.4. The lowest BCUT2D eigenvalue weighted by Crippen LogP contribution is -2.51. The molecule has 41 heavy (non-hydrogen) atoms. The monoisotopic (exact) mass is 596 g/mol. The van der Waals surface area contributed by atoms with Gasteiger partial charge in [-0.15, -0.1) is 0 Å². The van der Waals surface area contributed by atoms with E-state index in [4.69, 9.17) is 13.8 Å². The number of ether oxygens (including phenoxy) is 1. The fourth-order valence-electron chi connectivity index (χ4n) is 9.63. The van der Waals surface area contributed by atoms with Crippen molar-refractivity contribution in [2.45, 2.75) is 111 Å². The van der Waals surface area contributed by atoms with Gasteiger partial charge in [-0.05, 0) is 97.7 Å². The highest BCUT2D eigenvalue weighted by Crippen LogP contribution is 2.67. The maximum absolute atomic E-state index is 12.2. The van der Waals surface area contributed by atoms with Gasteiger partial charge in [-0.1, -0.05) is 65.5 Å². The summed E-state index contributed by atoms with van der Waals surface area (Å²) in [6.45, 7) is 13.8. The van der Waals surface area contributed by atoms with Crippen LogP contribution in [0, 0.1) is 46.3 Å². The number of hydrogen-bond donors (Lipinski definition) is 1. The zero-order chi connectivity index (χ0) is 30.1. The van der Waals surface area contributed by atoms with Crippen LogP contribution >= 0.6 is 7.82 Å². The molecule has 9 atom stereocenters. The molecule has 0 spiro atoms. The van der Waals surface area contributed by atoms with Crippen LogP contribution in [0.2, 0.25) is 0 Å². The fraction of sp³-hybridized carbons (Fsp3) is 0.941. The van der Waals surface area contributed by atoms with Crippen LogP contribution in [-0.2, 0) is 18.3 Å². The number of phosphoric acid groups is 1. The quantitative estimate of drug-likeness (QED) is 0.0947. The van der Waals surface area contributed by atoms with E-state index in [9.17, 15) is 9.46 Å². The predicted molar refractivity (Wildman–Crippen MR) is 167 cm³/mol. The number of allylic oxidation sites excluding steroid dienone is 1. The second-order valence-electron chi connectivity index (χ2n) is 16.2. The highest BCUT2D eigenvalue weighted by atomic mass is 31.2. The minimum Gasteiger partial charge on any atom is -0.375 e. The molecule has 0 saturated heterocycles. The molecule has 0 aliphatic heterocycles. The van der Waals surface area contributed by atoms with Crippen molar-refractivity contribution < 1.29 is 27.7 Å². The largest absolute Gasteiger partial charge is 0.472 e. The molecule has 1 unspecified atom stereocenters. The SMILES string of the molecule is CC(C)CCC[C@@H](C)[C@H]1CC[C@H]2[C@@H]3CC=C4C[C@@H](OCCOP(=O)(O)OCC[N+](C)(C)C)CC[C@]4(C)[C@H]3CC[C@]12C. The van der Waals surface area contributed by atoms with Gasteiger partial charge in [-0.2, -0.15) is 0 Å². The first-order valence-electron chi connectivity index (χ1n) is 16.9. The lowest BCUT2D eigenvalue weighted by molar-refractivity contribution is -0.870. The van der Waals surface area contributed by atoms with Gasteiger partial charge in [0.25, 0.3) is 0 Å². The number of nitrogens with zero attached hydrogens (tertiary/aromatic N) is 1. The van der Waals surface area contributed by atoms with Crippen LogP contribution < -0.4 is 0 Å². The van der Waals surface area contributed by atoms with Crippen molar-refractivity contribution in [2.75, 3.05) is 47.5 Å². The summed E-state index contributed by atoms with van der Waals surface area (Å²) in [5, 5.41) is 0. The molecule has 4 rings (SSSR count). The molecule has 3 fully saturated rings. The maximum Gasteiger partial charge on any atom is 0.472 e. The molecule has 6 nitrogen and oxygen atoms in total. The van der Waals surface area contributed by atoms with Gasteiger partial charge in [0.05, 0.1) is 40.5 Å². The third-order valence-corrected chi connectivity index (χ3v) is 13.0. The zero-order valence-corrected chi connectivity index (χ0v) is 28.6. The van der Waals surface area contributed by atoms with E-state index >= 15 is 0 Å². The van der Waals surface area contributed by atoms with Crippen LogP contribution in [-0.4, -0.2) is 63.0 Å². The second-order valence-corrected chi connectivity index (χ2v) is 17.6. The van der Waals surface area contributed by atoms with E-state index in [2.05, 4.69) is 40.7 Å². The summed E-state index contributed by atoms with van der Waals surface area (Å²) in [4.78, 5) is 9.97. The first-order chi connectivity index (χ1) is 19.1. The third kappa shape index (κ3) is 8.08. The average Bonchev–Trinajstić information content (AvgIpc) is 3.23. The Bertz CT molecular complexity index is 946. The summed E-state index contributed by atoms with van der Waals surface area (Å²) in [5.74, 6) is 5.13. The highest BCUT2D eigenvalue weighted by molar-refractivity contribution is 7.47. The number of hydrogen-bond acceptors (Lipinski definition) is 4. The minimum absolute atomic E-state index is 0.0764. The molecule has 238 valence electrons. The number of phosphoric ester groups is 1. The van der Waals surface area contributed by atoms with E-state index in [1.165, 1.54) is 57.8 Å². The molecule has 4 aliphatic carbocycles. The molecule has 4 aliphatic rings. The van der Waals surface area contributed by atoms with Gasteiger partial charge in [0.2, 0.25) is 0 Å². The van der Waals surface area contributed by atoms with E-state index in [0.29, 0.717) is 28.5 Å². The topological polar surface area (TPSA) is 65.0 Å². The van der Waals surface area contributed by atoms with Crippen LogP contribution in [0.3, 0.4) is 0 Å². The third-order valence-electron chi connectivity index (χ3n) is 12.0. The minimum atomic E-state index is -4.04. The predicted octanol–water partition coefficient (Wildman–Crippen LogP) is 8.25. The molecule has 1 N–H and O–H groups in total. The van der Waals surface area contributed by atoms with E-state index in [0.717, 1.165) is 48.3 Å². The average molecular weight is 597 g/mol. The lowest BCUT2D eigenvalue weighted by atomic mass is 9.47. The van der Waals surface area contributed by atoms with Crippen molar-refractivity contribution in [1.29, 1.82) is 0 Å². The van der Waals surface area contributed by atoms with Crippen LogP contribution in [0.1, 0.15) is 105 Å². The Morgan fingerprint density at radius 1 is 0.976 bits per heavy atom. The number of quaternary nitrogens is 1. The molecule has 0 amide bonds. The molecule has 0 bridgehead atoms. The van der Waals surface area contributed by atoms with Crippen molar-refractivity contribution in [3.8, 4) is 0 Å². The normalized spacial score (nSPS) is 37.6. The Labute approximate surface area is 252 Å². The van der Waals surface area contributed by atoms with Crippen molar-refractivity contribution in [1.82, 2.24) is 0 Å². The van der Waals surface area contributed by atoms with Gasteiger partial charge in [-0.3, -0.25) is 9.05 Å². The Morgan fingerprint density at radius 3 is 2.41 bits per heavy atom. The fourth-order valence-corrected chi connectivity index (χ4v) is 10.3. The van der Waals surface area contributed by atoms with E-state index in [1.54, 1.807) is 5.57 Å². The van der Waals surface area contributed by atoms with Crippen LogP contribution in [0.4, 0.5) is 0 Å². The van der Waals surface area contributed by atoms with Gasteiger partial charge in [0, 0.05) is 0 Å². The van der Waals surface area contributed by atoms with Crippen molar-refractivity contribution in [3.63, 3.8) is 0 Å². The van der Waals surface area contributed by atoms with E-state index < -0.39 is 7.82 Å². The summed E-state index contributed by atoms with van der Waals surface area (Å²) in [6.07, 6.45) is 17.1. The Hall–Kier alpha value is -0.230. The van der Waals surface area contributed by atoms with Crippen molar-refractivity contribution >= 4 is 7.82 Å². The molecule has 0 aromatic rings. The molecule has 7 heteroatoms. The Balaban J connectivity index is 1.27. The van der Waals surface area contributed by atoms with Crippen molar-refractivity contribution in [3.05, 3.63) is 11.6 Å². The maximum atomic E-state index is 12.2. The van der Waals surface area contributed by atoms with E-state index in [1.807, 2.05) is 21.1 Å². The summed E-state index contributed by atoms with van der Waals surface area (Å²) in [7, 11) is 2.02. The first kappa shape index (κ1) is 33.7. The summed E-state index contributed by atoms with van der Waals surface area (Å²) in [5.41, 5.74) is 2.46. The van der Waals surface area contributed by atoms with Gasteiger partial charge >= 0.3 is 7.82 Å². The van der Waals surface area contributed by atoms with Gasteiger partial charge < -0.3 is 14.1 Å². The van der Waals surface area contributed by atoms with Crippen LogP contribution in [0.25, 0.3) is 0 Å². The molecular formula is C34H63NO5P+. The summed E-state index contributed by atoms with van der Waals surface area (Å²) in [6, 6.07) is 0. The van der Waals surface area contributed by atoms with E-state index in [-0.39, 0.29) is 19.3 Å². The Morgan fingerprint density at radius 2 is 1.71 bits per heavy atom. The Kier molecular flexibility index (Phi) is 11.0. The summed E-state index contributed by atoms with van der Waals surface area (Å²) >= 11 is 0. The second kappa shape index (κ2) is 13.4. The summed E-state index contributed by atoms with van der Waals surface area (Å²) < 4.78 is 29.3. The molecule has 0 radical (unpaired) electrons. The lowest BCUT2D eigenvalue weighted by Gasteiger charge is -2.58. The molecule has 0 heterocycles. The van der Waals surface area contributed by atoms with Crippen molar-refractivity contribution in [2.24, 2.45) is 46.3 Å². The van der Waals surface area contributed by atoms with Gasteiger partial charge in [0.1, 0.15) is 13.2 Å².